The van der Waals surface area contributed by atoms with E-state index in [1.165, 1.54) is 0 Å². The number of carbonyl (C=O) groups is 1. The number of hydrogen-bond acceptors (Lipinski definition) is 4. The van der Waals surface area contributed by atoms with Gasteiger partial charge in [0.2, 0.25) is 5.91 Å². The summed E-state index contributed by atoms with van der Waals surface area (Å²) in [7, 11) is 2.03. The lowest BCUT2D eigenvalue weighted by Gasteiger charge is -2.54. The van der Waals surface area contributed by atoms with Gasteiger partial charge >= 0.3 is 0 Å². The molecule has 0 unspecified atom stereocenters. The van der Waals surface area contributed by atoms with Crippen molar-refractivity contribution in [3.8, 4) is 0 Å². The Labute approximate surface area is 128 Å². The van der Waals surface area contributed by atoms with E-state index in [0.717, 1.165) is 32.5 Å². The lowest BCUT2D eigenvalue weighted by molar-refractivity contribution is -0.150. The molecule has 2 rings (SSSR count). The minimum atomic E-state index is 0.0867. The van der Waals surface area contributed by atoms with Crippen LogP contribution in [0.5, 0.6) is 0 Å². The van der Waals surface area contributed by atoms with E-state index in [9.17, 15) is 4.79 Å². The van der Waals surface area contributed by atoms with Crippen LogP contribution < -0.4 is 5.32 Å². The van der Waals surface area contributed by atoms with Gasteiger partial charge in [-0.25, -0.2) is 0 Å². The molecule has 1 amide bonds. The van der Waals surface area contributed by atoms with Crippen molar-refractivity contribution in [3.05, 3.63) is 0 Å². The van der Waals surface area contributed by atoms with Gasteiger partial charge in [0.1, 0.15) is 0 Å². The first-order valence-electron chi connectivity index (χ1n) is 8.15. The normalized spacial score (nSPS) is 31.2. The molecule has 0 spiro atoms. The van der Waals surface area contributed by atoms with Crippen LogP contribution in [0.4, 0.5) is 0 Å². The van der Waals surface area contributed by atoms with Gasteiger partial charge in [-0.05, 0) is 33.2 Å². The number of rotatable bonds is 7. The summed E-state index contributed by atoms with van der Waals surface area (Å²) < 4.78 is 11.3. The number of likely N-dealkylation sites (N-methyl/N-ethyl adjacent to an activating group) is 1. The zero-order valence-corrected chi connectivity index (χ0v) is 13.9. The Morgan fingerprint density at radius 1 is 1.48 bits per heavy atom. The minimum absolute atomic E-state index is 0.0867. The van der Waals surface area contributed by atoms with Crippen LogP contribution in [0.1, 0.15) is 40.0 Å². The Morgan fingerprint density at radius 3 is 2.81 bits per heavy atom. The Kier molecular flexibility index (Phi) is 5.63. The van der Waals surface area contributed by atoms with Gasteiger partial charge in [0.05, 0.1) is 18.8 Å². The predicted octanol–water partition coefficient (Wildman–Crippen LogP) is 1.42. The number of nitrogens with zero attached hydrogens (tertiary/aromatic N) is 1. The highest BCUT2D eigenvalue weighted by Crippen LogP contribution is 2.45. The monoisotopic (exact) mass is 298 g/mol. The first-order chi connectivity index (χ1) is 9.95. The third-order valence-electron chi connectivity index (χ3n) is 4.97. The van der Waals surface area contributed by atoms with Crippen molar-refractivity contribution >= 4 is 5.91 Å². The van der Waals surface area contributed by atoms with Crippen molar-refractivity contribution in [1.82, 2.24) is 10.2 Å². The number of nitrogens with one attached hydrogen (secondary N) is 1. The molecule has 5 nitrogen and oxygen atoms in total. The summed E-state index contributed by atoms with van der Waals surface area (Å²) in [6.07, 6.45) is 3.69. The number of amides is 1. The quantitative estimate of drug-likeness (QED) is 0.772. The summed E-state index contributed by atoms with van der Waals surface area (Å²) in [5, 5.41) is 2.99. The minimum Gasteiger partial charge on any atom is -0.378 e. The highest BCUT2D eigenvalue weighted by molar-refractivity contribution is 5.78. The van der Waals surface area contributed by atoms with E-state index in [4.69, 9.17) is 9.47 Å². The van der Waals surface area contributed by atoms with Crippen LogP contribution in [0.25, 0.3) is 0 Å². The van der Waals surface area contributed by atoms with Crippen molar-refractivity contribution in [2.45, 2.75) is 58.3 Å². The van der Waals surface area contributed by atoms with Gasteiger partial charge < -0.3 is 14.8 Å². The first kappa shape index (κ1) is 16.7. The highest BCUT2D eigenvalue weighted by Gasteiger charge is 2.50. The second kappa shape index (κ2) is 7.07. The molecule has 0 aromatic carbocycles. The second-order valence-electron chi connectivity index (χ2n) is 6.87. The van der Waals surface area contributed by atoms with E-state index in [2.05, 4.69) is 24.1 Å². The molecular formula is C16H30N2O3. The molecule has 1 aliphatic heterocycles. The van der Waals surface area contributed by atoms with Gasteiger partial charge in [0.25, 0.3) is 0 Å². The standard InChI is InChI=1S/C16H30N2O3/c1-5-20-14-9-13(16(14,2)3)18(4)11-15(19)17-10-12-7-6-8-21-12/h12-14H,5-11H2,1-4H3,(H,17,19)/t12-,13+,14-/m1/s1. The van der Waals surface area contributed by atoms with E-state index in [-0.39, 0.29) is 17.4 Å². The Balaban J connectivity index is 1.71. The molecule has 1 saturated carbocycles. The van der Waals surface area contributed by atoms with E-state index in [1.54, 1.807) is 0 Å². The van der Waals surface area contributed by atoms with Gasteiger partial charge in [-0.2, -0.15) is 0 Å². The summed E-state index contributed by atoms with van der Waals surface area (Å²) in [5.74, 6) is 0.0867. The largest absolute Gasteiger partial charge is 0.378 e. The zero-order chi connectivity index (χ0) is 15.5. The lowest BCUT2D eigenvalue weighted by Crippen LogP contribution is -2.62. The van der Waals surface area contributed by atoms with Crippen molar-refractivity contribution in [1.29, 1.82) is 0 Å². The Morgan fingerprint density at radius 2 is 2.24 bits per heavy atom. The first-order valence-corrected chi connectivity index (χ1v) is 8.15. The summed E-state index contributed by atoms with van der Waals surface area (Å²) in [4.78, 5) is 14.2. The van der Waals surface area contributed by atoms with Crippen molar-refractivity contribution in [3.63, 3.8) is 0 Å². The molecular weight excluding hydrogens is 268 g/mol. The molecule has 1 heterocycles. The second-order valence-corrected chi connectivity index (χ2v) is 6.87. The molecule has 1 N–H and O–H groups in total. The highest BCUT2D eigenvalue weighted by atomic mass is 16.5. The van der Waals surface area contributed by atoms with Crippen LogP contribution >= 0.6 is 0 Å². The topological polar surface area (TPSA) is 50.8 Å². The molecule has 5 heteroatoms. The van der Waals surface area contributed by atoms with Gasteiger partial charge in [-0.1, -0.05) is 13.8 Å². The molecule has 1 saturated heterocycles. The van der Waals surface area contributed by atoms with Gasteiger partial charge in [0, 0.05) is 31.2 Å². The maximum Gasteiger partial charge on any atom is 0.234 e. The van der Waals surface area contributed by atoms with Crippen LogP contribution in [0, 0.1) is 5.41 Å². The molecule has 0 radical (unpaired) electrons. The van der Waals surface area contributed by atoms with E-state index >= 15 is 0 Å². The number of hydrogen-bond donors (Lipinski definition) is 1. The average molecular weight is 298 g/mol. The molecule has 0 bridgehead atoms. The Bertz CT molecular complexity index is 353. The molecule has 3 atom stereocenters. The fraction of sp³-hybridized carbons (Fsp3) is 0.938. The van der Waals surface area contributed by atoms with Crippen LogP contribution in [0.3, 0.4) is 0 Å². The van der Waals surface area contributed by atoms with Gasteiger partial charge in [-0.3, -0.25) is 9.69 Å². The maximum absolute atomic E-state index is 12.0. The van der Waals surface area contributed by atoms with E-state index in [1.807, 2.05) is 14.0 Å². The Hall–Kier alpha value is -0.650. The smallest absolute Gasteiger partial charge is 0.234 e. The summed E-state index contributed by atoms with van der Waals surface area (Å²) in [6, 6.07) is 0.405. The van der Waals surface area contributed by atoms with Crippen LogP contribution in [-0.2, 0) is 14.3 Å². The van der Waals surface area contributed by atoms with Crippen molar-refractivity contribution in [2.24, 2.45) is 5.41 Å². The fourth-order valence-corrected chi connectivity index (χ4v) is 3.52. The summed E-state index contributed by atoms with van der Waals surface area (Å²) >= 11 is 0. The van der Waals surface area contributed by atoms with Gasteiger partial charge in [-0.15, -0.1) is 0 Å². The molecule has 122 valence electrons. The number of carbonyl (C=O) groups excluding carboxylic acids is 1. The molecule has 2 aliphatic rings. The molecule has 0 aromatic rings. The molecule has 0 aromatic heterocycles. The van der Waals surface area contributed by atoms with Crippen LogP contribution in [0.2, 0.25) is 0 Å². The lowest BCUT2D eigenvalue weighted by atomic mass is 9.64. The van der Waals surface area contributed by atoms with Crippen LogP contribution in [-0.4, -0.2) is 62.4 Å². The summed E-state index contributed by atoms with van der Waals surface area (Å²) in [6.45, 7) is 9.15. The predicted molar refractivity (Wildman–Crippen MR) is 82.2 cm³/mol. The van der Waals surface area contributed by atoms with E-state index in [0.29, 0.717) is 25.2 Å². The molecule has 2 fully saturated rings. The zero-order valence-electron chi connectivity index (χ0n) is 13.9. The van der Waals surface area contributed by atoms with E-state index < -0.39 is 0 Å². The third-order valence-corrected chi connectivity index (χ3v) is 4.97. The SMILES string of the molecule is CCO[C@@H]1C[C@H](N(C)CC(=O)NC[C@H]2CCCO2)C1(C)C. The fourth-order valence-electron chi connectivity index (χ4n) is 3.52. The summed E-state index contributed by atoms with van der Waals surface area (Å²) in [5.41, 5.74) is 0.111. The third kappa shape index (κ3) is 3.96. The van der Waals surface area contributed by atoms with Gasteiger partial charge in [0.15, 0.2) is 0 Å². The van der Waals surface area contributed by atoms with Crippen molar-refractivity contribution in [2.75, 3.05) is 33.4 Å². The molecule has 21 heavy (non-hydrogen) atoms. The maximum atomic E-state index is 12.0. The number of ether oxygens (including phenoxy) is 2. The van der Waals surface area contributed by atoms with Crippen LogP contribution in [0.15, 0.2) is 0 Å². The van der Waals surface area contributed by atoms with Crippen molar-refractivity contribution < 1.29 is 14.3 Å². The molecule has 1 aliphatic carbocycles. The average Bonchev–Trinajstić information content (AvgIpc) is 2.93.